The van der Waals surface area contributed by atoms with Crippen molar-refractivity contribution in [2.75, 3.05) is 7.11 Å². The molecule has 1 atom stereocenters. The lowest BCUT2D eigenvalue weighted by atomic mass is 10.0. The van der Waals surface area contributed by atoms with Crippen LogP contribution in [0.15, 0.2) is 48.8 Å². The van der Waals surface area contributed by atoms with Gasteiger partial charge in [-0.3, -0.25) is 4.79 Å². The fourth-order valence-corrected chi connectivity index (χ4v) is 2.65. The van der Waals surface area contributed by atoms with Crippen LogP contribution in [0.4, 0.5) is 0 Å². The van der Waals surface area contributed by atoms with E-state index in [1.807, 2.05) is 6.08 Å². The number of hydrogen-bond acceptors (Lipinski definition) is 5. The fourth-order valence-electron chi connectivity index (χ4n) is 2.65. The Hall–Kier alpha value is -2.14. The lowest BCUT2D eigenvalue weighted by molar-refractivity contribution is -0.196. The van der Waals surface area contributed by atoms with Gasteiger partial charge in [-0.05, 0) is 32.1 Å². The maximum atomic E-state index is 12.1. The average molecular weight is 362 g/mol. The second-order valence-corrected chi connectivity index (χ2v) is 6.21. The number of ether oxygens (including phenoxy) is 2. The zero-order chi connectivity index (χ0) is 19.3. The lowest BCUT2D eigenvalue weighted by Gasteiger charge is -2.21. The highest BCUT2D eigenvalue weighted by Crippen LogP contribution is 2.28. The van der Waals surface area contributed by atoms with Crippen molar-refractivity contribution in [1.29, 1.82) is 0 Å². The summed E-state index contributed by atoms with van der Waals surface area (Å²) < 4.78 is 9.58. The monoisotopic (exact) mass is 362 g/mol. The second kappa shape index (κ2) is 12.3. The van der Waals surface area contributed by atoms with Crippen molar-refractivity contribution in [1.82, 2.24) is 0 Å². The molecule has 1 heterocycles. The summed E-state index contributed by atoms with van der Waals surface area (Å²) in [5, 5.41) is 10.2. The van der Waals surface area contributed by atoms with E-state index in [0.717, 1.165) is 51.0 Å². The van der Waals surface area contributed by atoms with Gasteiger partial charge in [-0.25, -0.2) is 4.79 Å². The Bertz CT molecular complexity index is 559. The number of carbonyl (C=O) groups excluding carboxylic acids is 2. The van der Waals surface area contributed by atoms with Crippen LogP contribution in [0, 0.1) is 0 Å². The molecule has 0 amide bonds. The molecule has 0 saturated heterocycles. The van der Waals surface area contributed by atoms with E-state index in [4.69, 9.17) is 9.47 Å². The molecular formula is C21H30O5. The summed E-state index contributed by atoms with van der Waals surface area (Å²) in [5.74, 6) is -3.68. The van der Waals surface area contributed by atoms with Gasteiger partial charge in [0.1, 0.15) is 0 Å². The lowest BCUT2D eigenvalue weighted by Crippen LogP contribution is -2.41. The maximum Gasteiger partial charge on any atom is 0.337 e. The Morgan fingerprint density at radius 3 is 2.54 bits per heavy atom. The Labute approximate surface area is 156 Å². The minimum Gasteiger partial charge on any atom is -0.494 e. The summed E-state index contributed by atoms with van der Waals surface area (Å²) in [6.07, 6.45) is 19.4. The molecule has 0 radical (unpaired) electrons. The average Bonchev–Trinajstić information content (AvgIpc) is 2.93. The van der Waals surface area contributed by atoms with Gasteiger partial charge in [0.05, 0.1) is 13.2 Å². The fraction of sp³-hybridized carbons (Fsp3) is 0.524. The third-order valence-corrected chi connectivity index (χ3v) is 4.11. The van der Waals surface area contributed by atoms with Crippen molar-refractivity contribution >= 4 is 11.8 Å². The highest BCUT2D eigenvalue weighted by molar-refractivity contribution is 5.97. The Morgan fingerprint density at radius 2 is 1.81 bits per heavy atom. The highest BCUT2D eigenvalue weighted by Gasteiger charge is 2.49. The van der Waals surface area contributed by atoms with Crippen LogP contribution in [-0.2, 0) is 19.1 Å². The van der Waals surface area contributed by atoms with E-state index in [1.54, 1.807) is 0 Å². The van der Waals surface area contributed by atoms with Crippen LogP contribution in [0.5, 0.6) is 0 Å². The first kappa shape index (κ1) is 21.9. The molecule has 0 fully saturated rings. The number of cyclic esters (lactones) is 1. The van der Waals surface area contributed by atoms with E-state index in [2.05, 4.69) is 30.9 Å². The van der Waals surface area contributed by atoms with Crippen LogP contribution in [0.1, 0.15) is 57.8 Å². The van der Waals surface area contributed by atoms with Crippen LogP contribution in [-0.4, -0.2) is 29.8 Å². The molecule has 1 rings (SSSR count). The van der Waals surface area contributed by atoms with Crippen molar-refractivity contribution in [2.24, 2.45) is 0 Å². The van der Waals surface area contributed by atoms with Gasteiger partial charge in [0, 0.05) is 6.42 Å². The van der Waals surface area contributed by atoms with E-state index in [9.17, 15) is 14.7 Å². The number of hydrogen-bond donors (Lipinski definition) is 1. The topological polar surface area (TPSA) is 72.8 Å². The normalized spacial score (nSPS) is 19.8. The molecule has 0 aromatic heterocycles. The molecule has 0 aromatic carbocycles. The number of esters is 1. The van der Waals surface area contributed by atoms with Gasteiger partial charge >= 0.3 is 11.8 Å². The molecule has 1 aliphatic rings. The molecule has 0 spiro atoms. The molecule has 5 heteroatoms. The Balaban J connectivity index is 2.08. The quantitative estimate of drug-likeness (QED) is 0.286. The van der Waals surface area contributed by atoms with Crippen LogP contribution < -0.4 is 0 Å². The second-order valence-electron chi connectivity index (χ2n) is 6.21. The highest BCUT2D eigenvalue weighted by atomic mass is 16.7. The summed E-state index contributed by atoms with van der Waals surface area (Å²) in [4.78, 5) is 23.3. The molecule has 1 N–H and O–H groups in total. The molecule has 0 bridgehead atoms. The van der Waals surface area contributed by atoms with Gasteiger partial charge < -0.3 is 14.6 Å². The molecule has 26 heavy (non-hydrogen) atoms. The molecule has 5 nitrogen and oxygen atoms in total. The van der Waals surface area contributed by atoms with Crippen LogP contribution >= 0.6 is 0 Å². The predicted octanol–water partition coefficient (Wildman–Crippen LogP) is 4.14. The molecular weight excluding hydrogens is 332 g/mol. The number of aliphatic hydroxyl groups is 1. The minimum absolute atomic E-state index is 0.140. The largest absolute Gasteiger partial charge is 0.494 e. The molecule has 0 aromatic rings. The zero-order valence-electron chi connectivity index (χ0n) is 15.6. The van der Waals surface area contributed by atoms with Gasteiger partial charge in [0.15, 0.2) is 5.76 Å². The number of allylic oxidation sites excluding steroid dienone is 5. The van der Waals surface area contributed by atoms with E-state index < -0.39 is 17.5 Å². The van der Waals surface area contributed by atoms with E-state index in [1.165, 1.54) is 7.11 Å². The zero-order valence-corrected chi connectivity index (χ0v) is 15.6. The van der Waals surface area contributed by atoms with E-state index in [0.29, 0.717) is 6.42 Å². The van der Waals surface area contributed by atoms with Gasteiger partial charge in [-0.15, -0.1) is 6.58 Å². The van der Waals surface area contributed by atoms with Crippen molar-refractivity contribution < 1.29 is 24.2 Å². The number of Topliss-reactive ketones (excluding diaryl/α,β-unsaturated/α-hetero) is 1. The Morgan fingerprint density at radius 1 is 1.15 bits per heavy atom. The molecule has 1 aliphatic heterocycles. The van der Waals surface area contributed by atoms with Crippen molar-refractivity contribution in [3.05, 3.63) is 48.8 Å². The number of carbonyl (C=O) groups is 2. The van der Waals surface area contributed by atoms with E-state index in [-0.39, 0.29) is 12.2 Å². The molecule has 1 unspecified atom stereocenters. The van der Waals surface area contributed by atoms with Crippen molar-refractivity contribution in [2.45, 2.75) is 63.6 Å². The van der Waals surface area contributed by atoms with Crippen LogP contribution in [0.25, 0.3) is 0 Å². The van der Waals surface area contributed by atoms with Crippen molar-refractivity contribution in [3.63, 3.8) is 0 Å². The summed E-state index contributed by atoms with van der Waals surface area (Å²) >= 11 is 0. The smallest absolute Gasteiger partial charge is 0.337 e. The predicted molar refractivity (Wildman–Crippen MR) is 101 cm³/mol. The number of rotatable bonds is 14. The van der Waals surface area contributed by atoms with Gasteiger partial charge in [-0.2, -0.15) is 0 Å². The SMILES string of the molecule is C=CC/C=C/C/C=C/CCCCCCCC(=O)C1(O)OC(=O)C=C1OC. The number of ketones is 1. The third kappa shape index (κ3) is 7.40. The third-order valence-electron chi connectivity index (χ3n) is 4.11. The first-order valence-electron chi connectivity index (χ1n) is 9.20. The van der Waals surface area contributed by atoms with Gasteiger partial charge in [0.2, 0.25) is 5.78 Å². The molecule has 144 valence electrons. The van der Waals surface area contributed by atoms with Crippen LogP contribution in [0.3, 0.4) is 0 Å². The minimum atomic E-state index is -2.24. The van der Waals surface area contributed by atoms with Crippen molar-refractivity contribution in [3.8, 4) is 0 Å². The molecule has 0 aliphatic carbocycles. The summed E-state index contributed by atoms with van der Waals surface area (Å²) in [6.45, 7) is 3.66. The summed E-state index contributed by atoms with van der Waals surface area (Å²) in [7, 11) is 1.29. The number of methoxy groups -OCH3 is 1. The summed E-state index contributed by atoms with van der Waals surface area (Å²) in [6, 6.07) is 0. The first-order valence-corrected chi connectivity index (χ1v) is 9.20. The van der Waals surface area contributed by atoms with Gasteiger partial charge in [-0.1, -0.05) is 49.6 Å². The first-order chi connectivity index (χ1) is 12.5. The standard InChI is InChI=1S/C21H30O5/c1-3-4-5-6-7-8-9-10-11-12-13-14-15-16-18(22)21(24)19(25-2)17-20(23)26-21/h3,5-6,8-9,17,24H,1,4,7,10-16H2,2H3/b6-5+,9-8+. The van der Waals surface area contributed by atoms with Gasteiger partial charge in [0.25, 0.3) is 0 Å². The number of unbranched alkanes of at least 4 members (excludes halogenated alkanes) is 5. The maximum absolute atomic E-state index is 12.1. The van der Waals surface area contributed by atoms with Crippen LogP contribution in [0.2, 0.25) is 0 Å². The molecule has 0 saturated carbocycles. The summed E-state index contributed by atoms with van der Waals surface area (Å²) in [5.41, 5.74) is 0. The Kier molecular flexibility index (Phi) is 10.3. The van der Waals surface area contributed by atoms with E-state index >= 15 is 0 Å².